The fourth-order valence-corrected chi connectivity index (χ4v) is 4.22. The minimum Gasteiger partial charge on any atom is -0.378 e. The van der Waals surface area contributed by atoms with Crippen molar-refractivity contribution < 1.29 is 9.47 Å². The number of ether oxygens (including phenoxy) is 2. The largest absolute Gasteiger partial charge is 0.378 e. The van der Waals surface area contributed by atoms with Gasteiger partial charge in [-0.05, 0) is 63.3 Å². The third-order valence-corrected chi connectivity index (χ3v) is 6.22. The van der Waals surface area contributed by atoms with Crippen molar-refractivity contribution in [3.05, 3.63) is 12.7 Å². The van der Waals surface area contributed by atoms with Crippen molar-refractivity contribution in [2.45, 2.75) is 91.6 Å². The first-order valence-corrected chi connectivity index (χ1v) is 12.2. The summed E-state index contributed by atoms with van der Waals surface area (Å²) in [4.78, 5) is 13.6. The number of aromatic nitrogens is 4. The molecule has 0 amide bonds. The molecule has 3 atom stereocenters. The lowest BCUT2D eigenvalue weighted by Crippen LogP contribution is -2.26. The summed E-state index contributed by atoms with van der Waals surface area (Å²) in [6.45, 7) is 13.3. The lowest BCUT2D eigenvalue weighted by Gasteiger charge is -2.26. The maximum Gasteiger partial charge on any atom is 0.167 e. The monoisotopic (exact) mass is 446 g/mol. The molecule has 0 saturated carbocycles. The summed E-state index contributed by atoms with van der Waals surface area (Å²) in [6.07, 6.45) is 10.2. The maximum absolute atomic E-state index is 6.29. The Kier molecular flexibility index (Phi) is 8.85. The Hall–Kier alpha value is -1.77. The Morgan fingerprint density at radius 2 is 2.06 bits per heavy atom. The van der Waals surface area contributed by atoms with E-state index >= 15 is 0 Å². The van der Waals surface area contributed by atoms with E-state index in [2.05, 4.69) is 59.5 Å². The van der Waals surface area contributed by atoms with E-state index in [1.54, 1.807) is 6.33 Å². The third kappa shape index (κ3) is 6.86. The number of hydrogen-bond acceptors (Lipinski definition) is 7. The molecule has 3 heterocycles. The van der Waals surface area contributed by atoms with E-state index in [0.717, 1.165) is 75.2 Å². The van der Waals surface area contributed by atoms with Gasteiger partial charge in [0.05, 0.1) is 18.5 Å². The second-order valence-electron chi connectivity index (χ2n) is 10.3. The van der Waals surface area contributed by atoms with Gasteiger partial charge in [0.15, 0.2) is 17.0 Å². The zero-order valence-corrected chi connectivity index (χ0v) is 20.5. The normalized spacial score (nSPS) is 20.3. The van der Waals surface area contributed by atoms with Gasteiger partial charge in [0, 0.05) is 13.2 Å². The van der Waals surface area contributed by atoms with Gasteiger partial charge in [-0.25, -0.2) is 15.0 Å². The zero-order valence-electron chi connectivity index (χ0n) is 20.5. The summed E-state index contributed by atoms with van der Waals surface area (Å²) in [5.74, 6) is 1.41. The molecule has 8 heteroatoms. The minimum absolute atomic E-state index is 0.00125. The molecule has 8 nitrogen and oxygen atoms in total. The van der Waals surface area contributed by atoms with Crippen LogP contribution < -0.4 is 11.1 Å². The van der Waals surface area contributed by atoms with Crippen LogP contribution in [0.3, 0.4) is 0 Å². The topological polar surface area (TPSA) is 100 Å². The summed E-state index contributed by atoms with van der Waals surface area (Å²) in [7, 11) is 0. The first kappa shape index (κ1) is 24.9. The van der Waals surface area contributed by atoms with Crippen molar-refractivity contribution in [1.29, 1.82) is 0 Å². The van der Waals surface area contributed by atoms with Gasteiger partial charge < -0.3 is 20.5 Å². The van der Waals surface area contributed by atoms with Crippen molar-refractivity contribution >= 4 is 17.0 Å². The average Bonchev–Trinajstić information content (AvgIpc) is 3.37. The first-order valence-electron chi connectivity index (χ1n) is 12.2. The van der Waals surface area contributed by atoms with Crippen LogP contribution in [0.4, 0.5) is 5.82 Å². The number of hydrogen-bond donors (Lipinski definition) is 2. The molecule has 2 aromatic heterocycles. The molecule has 3 rings (SSSR count). The Balaban J connectivity index is 1.56. The molecular formula is C24H42N6O2. The van der Waals surface area contributed by atoms with Crippen LogP contribution in [0.25, 0.3) is 11.2 Å². The minimum atomic E-state index is 0.00125. The Morgan fingerprint density at radius 3 is 2.81 bits per heavy atom. The summed E-state index contributed by atoms with van der Waals surface area (Å²) >= 11 is 0. The quantitative estimate of drug-likeness (QED) is 0.466. The van der Waals surface area contributed by atoms with Crippen LogP contribution in [0.15, 0.2) is 12.7 Å². The lowest BCUT2D eigenvalue weighted by molar-refractivity contribution is -0.00443. The molecule has 0 spiro atoms. The highest BCUT2D eigenvalue weighted by Gasteiger charge is 2.29. The Bertz CT molecular complexity index is 837. The zero-order chi connectivity index (χ0) is 23.1. The number of nitrogens with zero attached hydrogens (tertiary/aromatic N) is 4. The van der Waals surface area contributed by atoms with Crippen molar-refractivity contribution in [2.75, 3.05) is 25.0 Å². The van der Waals surface area contributed by atoms with Crippen molar-refractivity contribution in [2.24, 2.45) is 17.1 Å². The fraction of sp³-hybridized carbons (Fsp3) is 0.792. The average molecular weight is 447 g/mol. The number of rotatable bonds is 13. The van der Waals surface area contributed by atoms with Crippen LogP contribution in [0.5, 0.6) is 0 Å². The van der Waals surface area contributed by atoms with Crippen LogP contribution in [-0.4, -0.2) is 51.4 Å². The molecule has 1 aliphatic heterocycles. The molecule has 0 radical (unpaired) electrons. The van der Waals surface area contributed by atoms with Crippen molar-refractivity contribution in [3.63, 3.8) is 0 Å². The molecule has 0 aliphatic carbocycles. The SMILES string of the molecule is CC(C)C[C@@H]1CCC(n2cnc3c(NCC(C)(C)CCOC(C)CCCN)ncnc32)O1. The van der Waals surface area contributed by atoms with Gasteiger partial charge in [-0.15, -0.1) is 0 Å². The van der Waals surface area contributed by atoms with Gasteiger partial charge in [0.2, 0.25) is 0 Å². The number of imidazole rings is 1. The van der Waals surface area contributed by atoms with Crippen LogP contribution in [0, 0.1) is 11.3 Å². The second-order valence-corrected chi connectivity index (χ2v) is 10.3. The third-order valence-electron chi connectivity index (χ3n) is 6.22. The molecule has 1 fully saturated rings. The standard InChI is InChI=1S/C24H42N6O2/c1-17(2)13-19-8-9-20(32-19)30-16-29-21-22(27-15-28-23(21)30)26-14-24(4,5)10-12-31-18(3)7-6-11-25/h15-20H,6-14,25H2,1-5H3,(H,26,27,28)/t18?,19-,20?/m0/s1. The van der Waals surface area contributed by atoms with E-state index in [9.17, 15) is 0 Å². The number of nitrogens with two attached hydrogens (primary N) is 1. The molecule has 2 unspecified atom stereocenters. The lowest BCUT2D eigenvalue weighted by atomic mass is 9.89. The van der Waals surface area contributed by atoms with E-state index in [-0.39, 0.29) is 17.7 Å². The van der Waals surface area contributed by atoms with Crippen molar-refractivity contribution in [1.82, 2.24) is 19.5 Å². The van der Waals surface area contributed by atoms with E-state index in [1.165, 1.54) is 0 Å². The Labute approximate surface area is 192 Å². The van der Waals surface area contributed by atoms with Crippen LogP contribution in [-0.2, 0) is 9.47 Å². The smallest absolute Gasteiger partial charge is 0.167 e. The van der Waals surface area contributed by atoms with Gasteiger partial charge in [-0.3, -0.25) is 4.57 Å². The van der Waals surface area contributed by atoms with Gasteiger partial charge >= 0.3 is 0 Å². The predicted molar refractivity (Wildman–Crippen MR) is 129 cm³/mol. The van der Waals surface area contributed by atoms with Gasteiger partial charge in [0.1, 0.15) is 12.6 Å². The van der Waals surface area contributed by atoms with E-state index in [4.69, 9.17) is 15.2 Å². The molecule has 1 aliphatic rings. The molecular weight excluding hydrogens is 404 g/mol. The van der Waals surface area contributed by atoms with Crippen LogP contribution in [0.1, 0.15) is 79.4 Å². The highest BCUT2D eigenvalue weighted by Crippen LogP contribution is 2.34. The Morgan fingerprint density at radius 1 is 1.25 bits per heavy atom. The molecule has 0 bridgehead atoms. The van der Waals surface area contributed by atoms with E-state index in [0.29, 0.717) is 12.0 Å². The molecule has 0 aromatic carbocycles. The molecule has 3 N–H and O–H groups in total. The van der Waals surface area contributed by atoms with Gasteiger partial charge in [-0.2, -0.15) is 0 Å². The van der Waals surface area contributed by atoms with Crippen molar-refractivity contribution in [3.8, 4) is 0 Å². The summed E-state index contributed by atoms with van der Waals surface area (Å²) in [5.41, 5.74) is 7.27. The van der Waals surface area contributed by atoms with Crippen LogP contribution >= 0.6 is 0 Å². The summed E-state index contributed by atoms with van der Waals surface area (Å²) < 4.78 is 14.3. The molecule has 1 saturated heterocycles. The fourth-order valence-electron chi connectivity index (χ4n) is 4.22. The summed E-state index contributed by atoms with van der Waals surface area (Å²) in [6, 6.07) is 0. The van der Waals surface area contributed by atoms with Crippen LogP contribution in [0.2, 0.25) is 0 Å². The highest BCUT2D eigenvalue weighted by molar-refractivity contribution is 5.82. The maximum atomic E-state index is 6.29. The number of nitrogens with one attached hydrogen (secondary N) is 1. The summed E-state index contributed by atoms with van der Waals surface area (Å²) in [5, 5.41) is 3.50. The highest BCUT2D eigenvalue weighted by atomic mass is 16.5. The van der Waals surface area contributed by atoms with Gasteiger partial charge in [0.25, 0.3) is 0 Å². The molecule has 180 valence electrons. The predicted octanol–water partition coefficient (Wildman–Crippen LogP) is 4.52. The number of anilines is 1. The number of fused-ring (bicyclic) bond motifs is 1. The van der Waals surface area contributed by atoms with E-state index < -0.39 is 0 Å². The first-order chi connectivity index (χ1) is 15.3. The second kappa shape index (κ2) is 11.4. The molecule has 32 heavy (non-hydrogen) atoms. The van der Waals surface area contributed by atoms with Gasteiger partial charge in [-0.1, -0.05) is 27.7 Å². The molecule has 2 aromatic rings. The van der Waals surface area contributed by atoms with E-state index in [1.807, 2.05) is 6.33 Å².